The maximum atomic E-state index is 13.6. The number of hydrogen-bond acceptors (Lipinski definition) is 21. The minimum Gasteiger partial charge on any atom is -0.445 e. The minimum absolute atomic E-state index is 0.0465. The fourth-order valence-corrected chi connectivity index (χ4v) is 8.98. The Hall–Kier alpha value is -7.05. The van der Waals surface area contributed by atoms with Gasteiger partial charge in [-0.15, -0.1) is 0 Å². The van der Waals surface area contributed by atoms with E-state index in [1.165, 1.54) is 0 Å². The third kappa shape index (κ3) is 17.2. The number of amides is 5. The summed E-state index contributed by atoms with van der Waals surface area (Å²) >= 11 is 0. The van der Waals surface area contributed by atoms with Crippen LogP contribution in [0.15, 0.2) is 121 Å². The molecule has 26 heteroatoms. The Morgan fingerprint density at radius 2 is 0.900 bits per heavy atom. The minimum atomic E-state index is -2.11. The van der Waals surface area contributed by atoms with Crippen LogP contribution in [-0.2, 0) is 69.1 Å². The summed E-state index contributed by atoms with van der Waals surface area (Å²) in [4.78, 5) is 65.6. The van der Waals surface area contributed by atoms with Crippen LogP contribution in [0.1, 0.15) is 35.1 Å². The molecule has 3 fully saturated rings. The van der Waals surface area contributed by atoms with Crippen molar-refractivity contribution in [3.63, 3.8) is 0 Å². The Morgan fingerprint density at radius 1 is 0.487 bits per heavy atom. The molecule has 1 aliphatic carbocycles. The number of benzene rings is 4. The average molecular weight is 1120 g/mol. The highest BCUT2D eigenvalue weighted by Gasteiger charge is 2.54. The largest absolute Gasteiger partial charge is 0.445 e. The van der Waals surface area contributed by atoms with Gasteiger partial charge in [0.25, 0.3) is 0 Å². The monoisotopic (exact) mass is 1120 g/mol. The van der Waals surface area contributed by atoms with Crippen molar-refractivity contribution in [2.45, 2.75) is 137 Å². The molecule has 2 aliphatic heterocycles. The number of carbonyl (C=O) groups is 5. The number of alkyl carbamates (subject to hydrolysis) is 4. The van der Waals surface area contributed by atoms with Crippen molar-refractivity contribution in [3.05, 3.63) is 144 Å². The summed E-state index contributed by atoms with van der Waals surface area (Å²) in [5.41, 5.74) is 2.57. The number of nitrogens with one attached hydrogen (secondary N) is 5. The number of hydrogen-bond donors (Lipinski definition) is 13. The molecule has 26 nitrogen and oxygen atoms in total. The van der Waals surface area contributed by atoms with Gasteiger partial charge in [-0.25, -0.2) is 19.2 Å². The molecular weight excluding hydrogens is 1050 g/mol. The smallest absolute Gasteiger partial charge is 0.407 e. The van der Waals surface area contributed by atoms with E-state index in [0.29, 0.717) is 22.3 Å². The molecule has 2 heterocycles. The van der Waals surface area contributed by atoms with Gasteiger partial charge in [-0.1, -0.05) is 121 Å². The fraction of sp³-hybridized carbons (Fsp3) is 0.463. The molecule has 4 aromatic carbocycles. The molecule has 0 unspecified atom stereocenters. The van der Waals surface area contributed by atoms with Crippen LogP contribution in [0.5, 0.6) is 0 Å². The van der Waals surface area contributed by atoms with Crippen molar-refractivity contribution in [2.75, 3.05) is 19.7 Å². The molecule has 13 N–H and O–H groups in total. The highest BCUT2D eigenvalue weighted by atomic mass is 16.7. The van der Waals surface area contributed by atoms with E-state index in [1.54, 1.807) is 121 Å². The van der Waals surface area contributed by atoms with Crippen LogP contribution in [0.25, 0.3) is 0 Å². The highest BCUT2D eigenvalue weighted by Crippen LogP contribution is 2.33. The van der Waals surface area contributed by atoms with Crippen LogP contribution in [0, 0.1) is 0 Å². The maximum absolute atomic E-state index is 13.6. The summed E-state index contributed by atoms with van der Waals surface area (Å²) in [5, 5.41) is 102. The average Bonchev–Trinajstić information content (AvgIpc) is 3.47. The number of ether oxygens (including phenoxy) is 8. The highest BCUT2D eigenvalue weighted by molar-refractivity contribution is 5.81. The third-order valence-corrected chi connectivity index (χ3v) is 13.3. The van der Waals surface area contributed by atoms with Crippen LogP contribution in [0.2, 0.25) is 0 Å². The number of aliphatic hydroxyl groups is 8. The summed E-state index contributed by atoms with van der Waals surface area (Å²) in [5.74, 6) is -1.14. The quantitative estimate of drug-likeness (QED) is 0.0439. The predicted molar refractivity (Wildman–Crippen MR) is 274 cm³/mol. The van der Waals surface area contributed by atoms with Crippen LogP contribution < -0.4 is 26.6 Å². The van der Waals surface area contributed by atoms with E-state index in [1.807, 2.05) is 0 Å². The molecule has 7 rings (SSSR count). The maximum Gasteiger partial charge on any atom is 0.407 e. The Bertz CT molecular complexity index is 2560. The van der Waals surface area contributed by atoms with Gasteiger partial charge in [-0.05, 0) is 35.1 Å². The van der Waals surface area contributed by atoms with Gasteiger partial charge in [-0.2, -0.15) is 0 Å². The number of carbonyl (C=O) groups excluding carboxylic acids is 5. The van der Waals surface area contributed by atoms with E-state index in [2.05, 4.69) is 26.6 Å². The summed E-state index contributed by atoms with van der Waals surface area (Å²) in [6, 6.07) is 30.0. The van der Waals surface area contributed by atoms with Gasteiger partial charge in [-0.3, -0.25) is 4.79 Å². The van der Waals surface area contributed by atoms with Crippen molar-refractivity contribution in [3.8, 4) is 0 Å². The fourth-order valence-electron chi connectivity index (χ4n) is 8.98. The van der Waals surface area contributed by atoms with E-state index in [0.717, 1.165) is 0 Å². The molecular formula is C54H67N5O21. The summed E-state index contributed by atoms with van der Waals surface area (Å²) in [6.45, 7) is -2.32. The van der Waals surface area contributed by atoms with Crippen molar-refractivity contribution >= 4 is 30.3 Å². The van der Waals surface area contributed by atoms with Gasteiger partial charge in [0.1, 0.15) is 93.6 Å². The molecule has 1 saturated carbocycles. The Kier molecular flexibility index (Phi) is 22.7. The standard InChI is InChI=1S/C54H67N5O21/c60-25-38-40(62)39(59-48(68)36(61)21-22-55-51(69)73-26-30-13-5-1-6-14-30)42(64)49(78-38)79-46-34(57-53(71)75-28-32-17-9-3-10-18-32)23-35(58-54(72)76-29-33-19-11-4-12-20-33)47(45(46)67)80-50-44(66)43(65)41(63)37(77-50)24-56-52(70)74-27-31-15-7-2-8-16-31/h1-20,34-47,49-50,60-67H,21-29H2,(H,55,69)(H,56,70)(H,57,71)(H,58,72)(H,59,68)/t34-,35+,36-,37-,38-,39+,40-,41-,42-,43+,44-,45-,46+,47-,49-,50-/m1/s1. The van der Waals surface area contributed by atoms with Crippen molar-refractivity contribution < 1.29 is 103 Å². The van der Waals surface area contributed by atoms with Crippen LogP contribution in [0.4, 0.5) is 19.2 Å². The Balaban J connectivity index is 1.10. The Morgan fingerprint density at radius 3 is 1.35 bits per heavy atom. The zero-order chi connectivity index (χ0) is 57.1. The lowest BCUT2D eigenvalue weighted by Gasteiger charge is -2.49. The predicted octanol–water partition coefficient (Wildman–Crippen LogP) is -0.553. The first-order chi connectivity index (χ1) is 38.6. The second-order valence-corrected chi connectivity index (χ2v) is 19.0. The molecule has 0 spiro atoms. The van der Waals surface area contributed by atoms with Crippen LogP contribution in [-0.4, -0.2) is 189 Å². The second kappa shape index (κ2) is 30.0. The molecule has 80 heavy (non-hydrogen) atoms. The zero-order valence-electron chi connectivity index (χ0n) is 43.0. The van der Waals surface area contributed by atoms with Gasteiger partial charge in [0.05, 0.1) is 24.7 Å². The van der Waals surface area contributed by atoms with Crippen LogP contribution >= 0.6 is 0 Å². The first kappa shape index (κ1) is 60.6. The van der Waals surface area contributed by atoms with Gasteiger partial charge in [0, 0.05) is 13.1 Å². The molecule has 3 aliphatic rings. The van der Waals surface area contributed by atoms with Crippen molar-refractivity contribution in [1.29, 1.82) is 0 Å². The van der Waals surface area contributed by atoms with Crippen molar-refractivity contribution in [2.24, 2.45) is 0 Å². The number of aliphatic hydroxyl groups excluding tert-OH is 8. The SMILES string of the molecule is O=C(NCC[C@@H](O)C(=O)N[C@@H]1[C@@H](O)[C@@H](O[C@@H]2[C@@H](O)[C@H](O[C@H]3O[C@H](CNC(=O)OCc4ccccc4)[C@@H](O)[C@H](O)[C@H]3O)[C@@H](NC(=O)OCc3ccccc3)C[C@H]2NC(=O)OCc2ccccc2)O[C@H](CO)[C@H]1O)OCc1ccccc1. The van der Waals surface area contributed by atoms with Gasteiger partial charge >= 0.3 is 24.4 Å². The van der Waals surface area contributed by atoms with E-state index in [-0.39, 0.29) is 39.4 Å². The summed E-state index contributed by atoms with van der Waals surface area (Å²) < 4.78 is 45.5. The first-order valence-electron chi connectivity index (χ1n) is 25.7. The molecule has 0 bridgehead atoms. The normalized spacial score (nSPS) is 28.7. The number of rotatable bonds is 22. The lowest BCUT2D eigenvalue weighted by atomic mass is 9.83. The van der Waals surface area contributed by atoms with E-state index < -0.39 is 148 Å². The van der Waals surface area contributed by atoms with Gasteiger partial charge < -0.3 is 105 Å². The third-order valence-electron chi connectivity index (χ3n) is 13.3. The van der Waals surface area contributed by atoms with E-state index in [9.17, 15) is 64.8 Å². The van der Waals surface area contributed by atoms with Gasteiger partial charge in [0.2, 0.25) is 5.91 Å². The van der Waals surface area contributed by atoms with E-state index >= 15 is 0 Å². The zero-order valence-corrected chi connectivity index (χ0v) is 43.0. The molecule has 0 radical (unpaired) electrons. The van der Waals surface area contributed by atoms with E-state index in [4.69, 9.17) is 37.9 Å². The lowest BCUT2D eigenvalue weighted by Crippen LogP contribution is -2.70. The molecule has 434 valence electrons. The summed E-state index contributed by atoms with van der Waals surface area (Å²) in [6.07, 6.45) is -29.2. The molecule has 5 amide bonds. The Labute approximate surface area is 458 Å². The molecule has 0 aromatic heterocycles. The van der Waals surface area contributed by atoms with Crippen LogP contribution in [0.3, 0.4) is 0 Å². The van der Waals surface area contributed by atoms with Crippen molar-refractivity contribution in [1.82, 2.24) is 26.6 Å². The first-order valence-corrected chi connectivity index (χ1v) is 25.7. The molecule has 2 saturated heterocycles. The lowest BCUT2D eigenvalue weighted by molar-refractivity contribution is -0.334. The molecule has 16 atom stereocenters. The topological polar surface area (TPSA) is 381 Å². The van der Waals surface area contributed by atoms with Gasteiger partial charge in [0.15, 0.2) is 12.6 Å². The second-order valence-electron chi connectivity index (χ2n) is 19.0. The summed E-state index contributed by atoms with van der Waals surface area (Å²) in [7, 11) is 0. The molecule has 4 aromatic rings.